The van der Waals surface area contributed by atoms with Crippen molar-refractivity contribution in [2.75, 3.05) is 35.4 Å². The molecule has 0 saturated heterocycles. The third-order valence-electron chi connectivity index (χ3n) is 5.25. The summed E-state index contributed by atoms with van der Waals surface area (Å²) in [4.78, 5) is 9.43. The van der Waals surface area contributed by atoms with Crippen LogP contribution in [0, 0.1) is 0 Å². The molecule has 0 bridgehead atoms. The number of nitrogens with one attached hydrogen (secondary N) is 2. The third-order valence-corrected chi connectivity index (χ3v) is 6.36. The van der Waals surface area contributed by atoms with Gasteiger partial charge in [0.2, 0.25) is 5.95 Å². The zero-order chi connectivity index (χ0) is 23.8. The molecule has 0 saturated carbocycles. The van der Waals surface area contributed by atoms with Crippen LogP contribution in [-0.2, 0) is 29.0 Å². The molecule has 2 N–H and O–H groups in total. The highest BCUT2D eigenvalue weighted by atomic mass is 32.2. The number of nitrogens with zero attached hydrogens (tertiary/aromatic N) is 3. The summed E-state index contributed by atoms with van der Waals surface area (Å²) in [5, 5.41) is 6.22. The number of hydrogen-bond acceptors (Lipinski definition) is 7. The molecule has 11 heteroatoms. The lowest BCUT2D eigenvalue weighted by atomic mass is 10.1. The Balaban J connectivity index is 1.64. The molecule has 1 aromatic heterocycles. The largest absolute Gasteiger partial charge is 0.421 e. The maximum Gasteiger partial charge on any atom is 0.421 e. The summed E-state index contributed by atoms with van der Waals surface area (Å²) < 4.78 is 64.6. The van der Waals surface area contributed by atoms with Crippen molar-refractivity contribution in [1.29, 1.82) is 0 Å². The number of anilines is 4. The molecular weight excluding hydrogens is 455 g/mol. The van der Waals surface area contributed by atoms with E-state index in [1.54, 1.807) is 18.2 Å². The first-order valence-electron chi connectivity index (χ1n) is 10.1. The van der Waals surface area contributed by atoms with Crippen molar-refractivity contribution in [3.63, 3.8) is 0 Å². The van der Waals surface area contributed by atoms with Crippen LogP contribution in [0.4, 0.5) is 36.3 Å². The molecule has 33 heavy (non-hydrogen) atoms. The van der Waals surface area contributed by atoms with Crippen molar-refractivity contribution in [3.8, 4) is 0 Å². The molecule has 1 aliphatic heterocycles. The van der Waals surface area contributed by atoms with Crippen LogP contribution >= 0.6 is 0 Å². The standard InChI is InChI=1S/C22H22F3N5O2S/c1-30(13-14-4-3-5-17(10-14)33(2,31)32)20-18(22(23,24)25)12-27-21(29-20)28-16-6-7-19-15(11-16)8-9-26-19/h3-7,10-12,26H,8-9,13H2,1-2H3,(H,27,28,29). The Bertz CT molecular complexity index is 1300. The fourth-order valence-corrected chi connectivity index (χ4v) is 4.35. The number of benzene rings is 2. The quantitative estimate of drug-likeness (QED) is 0.549. The predicted octanol–water partition coefficient (Wildman–Crippen LogP) is 4.25. The fourth-order valence-electron chi connectivity index (χ4n) is 3.66. The highest BCUT2D eigenvalue weighted by molar-refractivity contribution is 7.90. The van der Waals surface area contributed by atoms with Gasteiger partial charge < -0.3 is 15.5 Å². The van der Waals surface area contributed by atoms with Gasteiger partial charge in [0.25, 0.3) is 0 Å². The average Bonchev–Trinajstić information content (AvgIpc) is 3.20. The second-order valence-corrected chi connectivity index (χ2v) is 9.89. The lowest BCUT2D eigenvalue weighted by Gasteiger charge is -2.23. The molecule has 3 aromatic rings. The summed E-state index contributed by atoms with van der Waals surface area (Å²) >= 11 is 0. The van der Waals surface area contributed by atoms with E-state index in [-0.39, 0.29) is 23.2 Å². The van der Waals surface area contributed by atoms with Gasteiger partial charge in [0.05, 0.1) is 4.90 Å². The molecule has 0 amide bonds. The van der Waals surface area contributed by atoms with Crippen LogP contribution in [0.5, 0.6) is 0 Å². The van der Waals surface area contributed by atoms with Gasteiger partial charge in [-0.05, 0) is 47.9 Å². The fraction of sp³-hybridized carbons (Fsp3) is 0.273. The van der Waals surface area contributed by atoms with E-state index in [1.807, 2.05) is 12.1 Å². The Morgan fingerprint density at radius 3 is 2.70 bits per heavy atom. The van der Waals surface area contributed by atoms with Crippen molar-refractivity contribution in [1.82, 2.24) is 9.97 Å². The van der Waals surface area contributed by atoms with Gasteiger partial charge in [0.15, 0.2) is 9.84 Å². The number of halogens is 3. The van der Waals surface area contributed by atoms with Crippen LogP contribution in [0.15, 0.2) is 53.6 Å². The first kappa shape index (κ1) is 22.8. The van der Waals surface area contributed by atoms with E-state index in [4.69, 9.17) is 0 Å². The molecule has 0 unspecified atom stereocenters. The summed E-state index contributed by atoms with van der Waals surface area (Å²) in [6, 6.07) is 11.7. The predicted molar refractivity (Wildman–Crippen MR) is 121 cm³/mol. The SMILES string of the molecule is CN(Cc1cccc(S(C)(=O)=O)c1)c1nc(Nc2ccc3c(c2)CCN3)ncc1C(F)(F)F. The minimum atomic E-state index is -4.66. The van der Waals surface area contributed by atoms with Crippen molar-refractivity contribution < 1.29 is 21.6 Å². The monoisotopic (exact) mass is 477 g/mol. The lowest BCUT2D eigenvalue weighted by Crippen LogP contribution is -2.23. The van der Waals surface area contributed by atoms with Crippen molar-refractivity contribution in [2.24, 2.45) is 0 Å². The van der Waals surface area contributed by atoms with E-state index in [2.05, 4.69) is 20.6 Å². The summed E-state index contributed by atoms with van der Waals surface area (Å²) in [5.74, 6) is -0.284. The van der Waals surface area contributed by atoms with E-state index in [0.717, 1.165) is 36.7 Å². The average molecular weight is 478 g/mol. The molecule has 174 valence electrons. The summed E-state index contributed by atoms with van der Waals surface area (Å²) in [6.07, 6.45) is -1.97. The molecule has 7 nitrogen and oxygen atoms in total. The molecule has 0 radical (unpaired) electrons. The highest BCUT2D eigenvalue weighted by Crippen LogP contribution is 2.36. The van der Waals surface area contributed by atoms with Gasteiger partial charge in [-0.15, -0.1) is 0 Å². The number of rotatable bonds is 6. The molecule has 1 aliphatic rings. The molecule has 0 spiro atoms. The Labute approximate surface area is 189 Å². The Morgan fingerprint density at radius 2 is 1.97 bits per heavy atom. The number of sulfone groups is 1. The topological polar surface area (TPSA) is 87.2 Å². The smallest absolute Gasteiger partial charge is 0.384 e. The van der Waals surface area contributed by atoms with E-state index in [1.165, 1.54) is 24.1 Å². The normalized spacial score (nSPS) is 13.4. The van der Waals surface area contributed by atoms with Crippen LogP contribution in [0.25, 0.3) is 0 Å². The van der Waals surface area contributed by atoms with Crippen LogP contribution in [0.2, 0.25) is 0 Å². The second kappa shape index (κ2) is 8.54. The molecular formula is C22H22F3N5O2S. The lowest BCUT2D eigenvalue weighted by molar-refractivity contribution is -0.137. The van der Waals surface area contributed by atoms with Crippen molar-refractivity contribution >= 4 is 33.0 Å². The van der Waals surface area contributed by atoms with Gasteiger partial charge in [-0.3, -0.25) is 0 Å². The van der Waals surface area contributed by atoms with E-state index in [0.29, 0.717) is 11.3 Å². The van der Waals surface area contributed by atoms with Gasteiger partial charge in [-0.25, -0.2) is 13.4 Å². The van der Waals surface area contributed by atoms with Gasteiger partial charge in [0.1, 0.15) is 11.4 Å². The Hall–Kier alpha value is -3.34. The zero-order valence-electron chi connectivity index (χ0n) is 17.9. The van der Waals surface area contributed by atoms with Gasteiger partial charge >= 0.3 is 6.18 Å². The molecule has 2 aromatic carbocycles. The molecule has 4 rings (SSSR count). The third kappa shape index (κ3) is 5.19. The van der Waals surface area contributed by atoms with Crippen molar-refractivity contribution in [2.45, 2.75) is 24.0 Å². The minimum Gasteiger partial charge on any atom is -0.384 e. The van der Waals surface area contributed by atoms with Gasteiger partial charge in [-0.1, -0.05) is 12.1 Å². The van der Waals surface area contributed by atoms with Crippen LogP contribution < -0.4 is 15.5 Å². The first-order valence-corrected chi connectivity index (χ1v) is 12.0. The Morgan fingerprint density at radius 1 is 1.18 bits per heavy atom. The van der Waals surface area contributed by atoms with Crippen LogP contribution in [0.1, 0.15) is 16.7 Å². The van der Waals surface area contributed by atoms with E-state index in [9.17, 15) is 21.6 Å². The first-order chi connectivity index (χ1) is 15.5. The number of fused-ring (bicyclic) bond motifs is 1. The van der Waals surface area contributed by atoms with E-state index >= 15 is 0 Å². The summed E-state index contributed by atoms with van der Waals surface area (Å²) in [6.45, 7) is 0.860. The maximum absolute atomic E-state index is 13.7. The second-order valence-electron chi connectivity index (χ2n) is 7.88. The van der Waals surface area contributed by atoms with Gasteiger partial charge in [0, 0.05) is 44.0 Å². The molecule has 2 heterocycles. The zero-order valence-corrected chi connectivity index (χ0v) is 18.8. The maximum atomic E-state index is 13.7. The molecule has 0 fully saturated rings. The molecule has 0 aliphatic carbocycles. The Kier molecular flexibility index (Phi) is 5.91. The van der Waals surface area contributed by atoms with Crippen molar-refractivity contribution in [3.05, 3.63) is 65.4 Å². The van der Waals surface area contributed by atoms with E-state index < -0.39 is 21.6 Å². The minimum absolute atomic E-state index is 0.0212. The number of alkyl halides is 3. The highest BCUT2D eigenvalue weighted by Gasteiger charge is 2.36. The summed E-state index contributed by atoms with van der Waals surface area (Å²) in [7, 11) is -1.97. The van der Waals surface area contributed by atoms with Gasteiger partial charge in [-0.2, -0.15) is 18.2 Å². The molecule has 0 atom stereocenters. The number of aromatic nitrogens is 2. The van der Waals surface area contributed by atoms with Crippen LogP contribution in [0.3, 0.4) is 0 Å². The summed E-state index contributed by atoms with van der Waals surface area (Å²) in [5.41, 5.74) is 2.37. The van der Waals surface area contributed by atoms with Crippen LogP contribution in [-0.4, -0.2) is 38.2 Å². The number of hydrogen-bond donors (Lipinski definition) is 2.